The molecule has 5 rings (SSSR count). The van der Waals surface area contributed by atoms with Crippen LogP contribution in [0.4, 0.5) is 9.93 Å². The summed E-state index contributed by atoms with van der Waals surface area (Å²) in [5.74, 6) is -1.48. The molecule has 2 aromatic carbocycles. The largest absolute Gasteiger partial charge is 0.479 e. The van der Waals surface area contributed by atoms with E-state index in [-0.39, 0.29) is 17.7 Å². The second-order valence-electron chi connectivity index (χ2n) is 8.94. The minimum absolute atomic E-state index is 0.0633. The zero-order valence-electron chi connectivity index (χ0n) is 19.4. The zero-order valence-corrected chi connectivity index (χ0v) is 20.2. The van der Waals surface area contributed by atoms with Gasteiger partial charge in [-0.05, 0) is 48.4 Å². The number of hydrogen-bond donors (Lipinski definition) is 2. The summed E-state index contributed by atoms with van der Waals surface area (Å²) < 4.78 is 5.56. The van der Waals surface area contributed by atoms with Crippen LogP contribution in [0.25, 0.3) is 11.1 Å². The SMILES string of the molecule is Cc1nc(NC(=O)OCC2c3ccccc3-c3ccccc32)sc1C(=O)N(C)C1(C(=O)O)CCC1. The minimum atomic E-state index is -1.17. The van der Waals surface area contributed by atoms with E-state index in [0.29, 0.717) is 23.4 Å². The number of nitrogens with zero attached hydrogens (tertiary/aromatic N) is 2. The Morgan fingerprint density at radius 1 is 1.11 bits per heavy atom. The molecule has 180 valence electrons. The molecule has 0 bridgehead atoms. The molecule has 0 radical (unpaired) electrons. The summed E-state index contributed by atoms with van der Waals surface area (Å²) in [6.45, 7) is 1.83. The van der Waals surface area contributed by atoms with Gasteiger partial charge in [0.05, 0.1) is 5.69 Å². The van der Waals surface area contributed by atoms with Crippen molar-refractivity contribution in [3.63, 3.8) is 0 Å². The summed E-state index contributed by atoms with van der Waals surface area (Å²) in [5, 5.41) is 12.5. The van der Waals surface area contributed by atoms with Crippen LogP contribution in [0.2, 0.25) is 0 Å². The molecule has 2 aliphatic carbocycles. The van der Waals surface area contributed by atoms with Crippen LogP contribution >= 0.6 is 11.3 Å². The Kier molecular flexibility index (Phi) is 5.80. The first-order valence-corrected chi connectivity index (χ1v) is 12.2. The molecule has 3 aromatic rings. The lowest BCUT2D eigenvalue weighted by Gasteiger charge is -2.44. The van der Waals surface area contributed by atoms with E-state index in [0.717, 1.165) is 40.0 Å². The van der Waals surface area contributed by atoms with Crippen molar-refractivity contribution >= 4 is 34.4 Å². The van der Waals surface area contributed by atoms with Gasteiger partial charge in [-0.1, -0.05) is 59.9 Å². The van der Waals surface area contributed by atoms with Crippen LogP contribution in [0.3, 0.4) is 0 Å². The number of carbonyl (C=O) groups excluding carboxylic acids is 2. The van der Waals surface area contributed by atoms with Gasteiger partial charge in [-0.25, -0.2) is 14.6 Å². The number of anilines is 1. The minimum Gasteiger partial charge on any atom is -0.479 e. The number of aromatic nitrogens is 1. The Bertz CT molecular complexity index is 1280. The number of ether oxygens (including phenoxy) is 1. The molecule has 0 unspecified atom stereocenters. The molecule has 0 saturated heterocycles. The van der Waals surface area contributed by atoms with E-state index >= 15 is 0 Å². The summed E-state index contributed by atoms with van der Waals surface area (Å²) in [6, 6.07) is 16.2. The predicted molar refractivity (Wildman–Crippen MR) is 132 cm³/mol. The van der Waals surface area contributed by atoms with Crippen LogP contribution in [-0.4, -0.2) is 52.2 Å². The molecule has 0 aliphatic heterocycles. The number of carboxylic acids is 1. The number of carbonyl (C=O) groups is 3. The first kappa shape index (κ1) is 23.0. The van der Waals surface area contributed by atoms with Gasteiger partial charge in [-0.2, -0.15) is 0 Å². The first-order valence-electron chi connectivity index (χ1n) is 11.4. The quantitative estimate of drug-likeness (QED) is 0.508. The Labute approximate surface area is 206 Å². The van der Waals surface area contributed by atoms with Crippen molar-refractivity contribution in [2.45, 2.75) is 37.6 Å². The Balaban J connectivity index is 1.26. The number of thiazole rings is 1. The Hall–Kier alpha value is -3.72. The van der Waals surface area contributed by atoms with Crippen LogP contribution in [0.5, 0.6) is 0 Å². The smallest absolute Gasteiger partial charge is 0.413 e. The van der Waals surface area contributed by atoms with Crippen molar-refractivity contribution in [3.8, 4) is 11.1 Å². The average molecular weight is 492 g/mol. The van der Waals surface area contributed by atoms with Crippen LogP contribution in [-0.2, 0) is 9.53 Å². The summed E-state index contributed by atoms with van der Waals surface area (Å²) in [4.78, 5) is 43.3. The van der Waals surface area contributed by atoms with Crippen molar-refractivity contribution < 1.29 is 24.2 Å². The van der Waals surface area contributed by atoms with Crippen molar-refractivity contribution in [1.82, 2.24) is 9.88 Å². The highest BCUT2D eigenvalue weighted by Gasteiger charge is 2.50. The second-order valence-corrected chi connectivity index (χ2v) is 9.94. The third kappa shape index (κ3) is 3.85. The number of aliphatic carboxylic acids is 1. The van der Waals surface area contributed by atoms with Gasteiger partial charge >= 0.3 is 12.1 Å². The van der Waals surface area contributed by atoms with E-state index in [1.807, 2.05) is 36.4 Å². The van der Waals surface area contributed by atoms with Gasteiger partial charge in [0.25, 0.3) is 5.91 Å². The highest BCUT2D eigenvalue weighted by molar-refractivity contribution is 7.17. The van der Waals surface area contributed by atoms with Crippen molar-refractivity contribution in [3.05, 3.63) is 70.2 Å². The van der Waals surface area contributed by atoms with Gasteiger partial charge in [-0.15, -0.1) is 0 Å². The number of likely N-dealkylation sites (N-methyl/N-ethyl adjacent to an activating group) is 1. The fourth-order valence-corrected chi connectivity index (χ4v) is 5.85. The second kappa shape index (κ2) is 8.81. The van der Waals surface area contributed by atoms with E-state index in [2.05, 4.69) is 22.4 Å². The maximum atomic E-state index is 13.0. The molecule has 35 heavy (non-hydrogen) atoms. The van der Waals surface area contributed by atoms with Gasteiger partial charge in [0.1, 0.15) is 17.0 Å². The lowest BCUT2D eigenvalue weighted by Crippen LogP contribution is -2.59. The van der Waals surface area contributed by atoms with E-state index in [1.165, 1.54) is 11.9 Å². The number of rotatable bonds is 6. The Morgan fingerprint density at radius 2 is 1.71 bits per heavy atom. The van der Waals surface area contributed by atoms with E-state index < -0.39 is 23.5 Å². The maximum Gasteiger partial charge on any atom is 0.413 e. The number of nitrogens with one attached hydrogen (secondary N) is 1. The topological polar surface area (TPSA) is 109 Å². The van der Waals surface area contributed by atoms with Crippen LogP contribution in [0, 0.1) is 6.92 Å². The maximum absolute atomic E-state index is 13.0. The molecular formula is C26H25N3O5S. The third-order valence-electron chi connectivity index (χ3n) is 7.07. The lowest BCUT2D eigenvalue weighted by molar-refractivity contribution is -0.154. The summed E-state index contributed by atoms with van der Waals surface area (Å²) in [7, 11) is 1.51. The summed E-state index contributed by atoms with van der Waals surface area (Å²) in [6.07, 6.45) is 0.953. The van der Waals surface area contributed by atoms with Gasteiger partial charge < -0.3 is 14.7 Å². The molecule has 0 atom stereocenters. The molecule has 2 aliphatic rings. The monoisotopic (exact) mass is 491 g/mol. The molecule has 8 nitrogen and oxygen atoms in total. The average Bonchev–Trinajstić information content (AvgIpc) is 3.33. The van der Waals surface area contributed by atoms with Crippen LogP contribution in [0.1, 0.15) is 51.7 Å². The Morgan fingerprint density at radius 3 is 2.26 bits per heavy atom. The normalized spacial score (nSPS) is 15.5. The molecular weight excluding hydrogens is 466 g/mol. The molecule has 0 spiro atoms. The highest BCUT2D eigenvalue weighted by atomic mass is 32.1. The standard InChI is InChI=1S/C26H25N3O5S/c1-15-21(22(30)29(2)26(23(31)32)12-7-13-26)35-24(27-15)28-25(33)34-14-20-18-10-5-3-8-16(18)17-9-4-6-11-19(17)20/h3-6,8-11,20H,7,12-14H2,1-2H3,(H,31,32)(H,27,28,33). The molecule has 2 N–H and O–H groups in total. The van der Waals surface area contributed by atoms with Gasteiger partial charge in [0.15, 0.2) is 5.13 Å². The van der Waals surface area contributed by atoms with Gasteiger partial charge in [-0.3, -0.25) is 10.1 Å². The molecule has 1 saturated carbocycles. The molecule has 1 aromatic heterocycles. The number of hydrogen-bond acceptors (Lipinski definition) is 6. The van der Waals surface area contributed by atoms with Gasteiger partial charge in [0.2, 0.25) is 0 Å². The molecule has 2 amide bonds. The van der Waals surface area contributed by atoms with Crippen molar-refractivity contribution in [2.24, 2.45) is 0 Å². The number of carboxylic acid groups (broad SMARTS) is 1. The van der Waals surface area contributed by atoms with E-state index in [1.54, 1.807) is 6.92 Å². The highest BCUT2D eigenvalue weighted by Crippen LogP contribution is 2.44. The van der Waals surface area contributed by atoms with E-state index in [9.17, 15) is 19.5 Å². The van der Waals surface area contributed by atoms with Crippen LogP contribution in [0.15, 0.2) is 48.5 Å². The van der Waals surface area contributed by atoms with Crippen molar-refractivity contribution in [1.29, 1.82) is 0 Å². The number of aryl methyl sites for hydroxylation is 1. The van der Waals surface area contributed by atoms with Crippen LogP contribution < -0.4 is 5.32 Å². The fraction of sp³-hybridized carbons (Fsp3) is 0.308. The number of fused-ring (bicyclic) bond motifs is 3. The third-order valence-corrected chi connectivity index (χ3v) is 8.13. The van der Waals surface area contributed by atoms with E-state index in [4.69, 9.17) is 4.74 Å². The molecule has 1 fully saturated rings. The zero-order chi connectivity index (χ0) is 24.7. The lowest BCUT2D eigenvalue weighted by atomic mass is 9.75. The molecule has 9 heteroatoms. The number of benzene rings is 2. The predicted octanol–water partition coefficient (Wildman–Crippen LogP) is 4.89. The molecule has 1 heterocycles. The summed E-state index contributed by atoms with van der Waals surface area (Å²) >= 11 is 1.01. The van der Waals surface area contributed by atoms with Gasteiger partial charge in [0, 0.05) is 13.0 Å². The number of amides is 2. The fourth-order valence-electron chi connectivity index (χ4n) is 4.92. The van der Waals surface area contributed by atoms with Crippen molar-refractivity contribution in [2.75, 3.05) is 19.0 Å². The first-order chi connectivity index (χ1) is 16.8. The summed E-state index contributed by atoms with van der Waals surface area (Å²) in [5.41, 5.74) is 3.78.